The van der Waals surface area contributed by atoms with Crippen molar-refractivity contribution in [3.63, 3.8) is 0 Å². The first-order valence-electron chi connectivity index (χ1n) is 10.0. The minimum absolute atomic E-state index is 0.0766. The summed E-state index contributed by atoms with van der Waals surface area (Å²) in [5.41, 5.74) is 0.411. The standard InChI is InChI=1S/C25H17F3N2O4/c26-25(27,28)19-5-1-4-17(10-19)14-32-21-6-2-3-16(11-21)9-18(13-29)24(31)30-20-7-8-22-23(12-20)34-15-33-22/h1-12H,14-15H2,(H,30,31)/b18-9+. The topological polar surface area (TPSA) is 80.6 Å². The number of hydrogen-bond acceptors (Lipinski definition) is 5. The van der Waals surface area contributed by atoms with Crippen LogP contribution in [0.1, 0.15) is 16.7 Å². The van der Waals surface area contributed by atoms with Gasteiger partial charge < -0.3 is 19.5 Å². The molecule has 1 amide bonds. The number of rotatable bonds is 6. The number of carbonyl (C=O) groups excluding carboxylic acids is 1. The van der Waals surface area contributed by atoms with Crippen molar-refractivity contribution in [3.05, 3.63) is 89.0 Å². The van der Waals surface area contributed by atoms with E-state index in [1.165, 1.54) is 18.2 Å². The number of anilines is 1. The Labute approximate surface area is 192 Å². The second kappa shape index (κ2) is 9.58. The lowest BCUT2D eigenvalue weighted by Crippen LogP contribution is -2.13. The number of fused-ring (bicyclic) bond motifs is 1. The highest BCUT2D eigenvalue weighted by Crippen LogP contribution is 2.34. The van der Waals surface area contributed by atoms with Gasteiger partial charge in [-0.3, -0.25) is 4.79 Å². The first-order chi connectivity index (χ1) is 16.3. The Kier molecular flexibility index (Phi) is 6.41. The Morgan fingerprint density at radius 2 is 1.85 bits per heavy atom. The zero-order chi connectivity index (χ0) is 24.1. The number of nitriles is 1. The molecule has 3 aromatic rings. The van der Waals surface area contributed by atoms with Crippen LogP contribution in [0.25, 0.3) is 6.08 Å². The molecule has 0 atom stereocenters. The first kappa shape index (κ1) is 22.7. The van der Waals surface area contributed by atoms with Crippen molar-refractivity contribution in [2.45, 2.75) is 12.8 Å². The molecule has 4 rings (SSSR count). The molecular formula is C25H17F3N2O4. The number of nitrogens with one attached hydrogen (secondary N) is 1. The molecule has 0 bridgehead atoms. The zero-order valence-electron chi connectivity index (χ0n) is 17.6. The number of nitrogens with zero attached hydrogens (tertiary/aromatic N) is 1. The Morgan fingerprint density at radius 1 is 1.06 bits per heavy atom. The summed E-state index contributed by atoms with van der Waals surface area (Å²) in [6, 6.07) is 18.1. The SMILES string of the molecule is N#C/C(=C\c1cccc(OCc2cccc(C(F)(F)F)c2)c1)C(=O)Nc1ccc2c(c1)OCO2. The van der Waals surface area contributed by atoms with Crippen molar-refractivity contribution >= 4 is 17.7 Å². The normalized spacial score (nSPS) is 12.7. The van der Waals surface area contributed by atoms with Crippen LogP contribution in [0.4, 0.5) is 18.9 Å². The lowest BCUT2D eigenvalue weighted by molar-refractivity contribution is -0.137. The van der Waals surface area contributed by atoms with Crippen molar-refractivity contribution in [1.29, 1.82) is 5.26 Å². The third-order valence-corrected chi connectivity index (χ3v) is 4.82. The third kappa shape index (κ3) is 5.48. The number of amides is 1. The summed E-state index contributed by atoms with van der Waals surface area (Å²) >= 11 is 0. The molecule has 0 saturated heterocycles. The van der Waals surface area contributed by atoms with Crippen molar-refractivity contribution in [3.8, 4) is 23.3 Å². The predicted octanol–water partition coefficient (Wildman–Crippen LogP) is 5.56. The fourth-order valence-corrected chi connectivity index (χ4v) is 3.19. The zero-order valence-corrected chi connectivity index (χ0v) is 17.6. The van der Waals surface area contributed by atoms with Gasteiger partial charge in [-0.2, -0.15) is 18.4 Å². The summed E-state index contributed by atoms with van der Waals surface area (Å²) in [6.07, 6.45) is -3.05. The molecule has 0 saturated carbocycles. The Hall–Kier alpha value is -4.45. The van der Waals surface area contributed by atoms with E-state index in [2.05, 4.69) is 5.32 Å². The lowest BCUT2D eigenvalue weighted by Gasteiger charge is -2.10. The van der Waals surface area contributed by atoms with Gasteiger partial charge in [0, 0.05) is 11.8 Å². The highest BCUT2D eigenvalue weighted by molar-refractivity contribution is 6.09. The lowest BCUT2D eigenvalue weighted by atomic mass is 10.1. The van der Waals surface area contributed by atoms with Crippen LogP contribution in [0, 0.1) is 11.3 Å². The van der Waals surface area contributed by atoms with E-state index in [0.717, 1.165) is 12.1 Å². The maximum absolute atomic E-state index is 12.9. The van der Waals surface area contributed by atoms with Crippen LogP contribution < -0.4 is 19.5 Å². The summed E-state index contributed by atoms with van der Waals surface area (Å²) in [5, 5.41) is 12.1. The van der Waals surface area contributed by atoms with Gasteiger partial charge in [0.05, 0.1) is 5.56 Å². The minimum Gasteiger partial charge on any atom is -0.489 e. The molecule has 0 spiro atoms. The monoisotopic (exact) mass is 466 g/mol. The van der Waals surface area contributed by atoms with Gasteiger partial charge in [0.2, 0.25) is 6.79 Å². The average Bonchev–Trinajstić information content (AvgIpc) is 3.29. The number of ether oxygens (including phenoxy) is 3. The molecule has 0 radical (unpaired) electrons. The van der Waals surface area contributed by atoms with Gasteiger partial charge in [-0.05, 0) is 53.6 Å². The molecule has 172 valence electrons. The molecule has 34 heavy (non-hydrogen) atoms. The fourth-order valence-electron chi connectivity index (χ4n) is 3.19. The van der Waals surface area contributed by atoms with Crippen LogP contribution in [0.3, 0.4) is 0 Å². The van der Waals surface area contributed by atoms with E-state index in [1.54, 1.807) is 42.5 Å². The molecular weight excluding hydrogens is 449 g/mol. The highest BCUT2D eigenvalue weighted by atomic mass is 19.4. The molecule has 0 aromatic heterocycles. The molecule has 3 aromatic carbocycles. The van der Waals surface area contributed by atoms with Crippen LogP contribution in [0.15, 0.2) is 72.3 Å². The van der Waals surface area contributed by atoms with Crippen molar-refractivity contribution in [2.24, 2.45) is 0 Å². The van der Waals surface area contributed by atoms with E-state index in [4.69, 9.17) is 14.2 Å². The van der Waals surface area contributed by atoms with E-state index in [9.17, 15) is 23.2 Å². The molecule has 9 heteroatoms. The predicted molar refractivity (Wildman–Crippen MR) is 117 cm³/mol. The molecule has 1 heterocycles. The Balaban J connectivity index is 1.44. The average molecular weight is 466 g/mol. The number of halogens is 3. The quantitative estimate of drug-likeness (QED) is 0.380. The van der Waals surface area contributed by atoms with Gasteiger partial charge >= 0.3 is 6.18 Å². The van der Waals surface area contributed by atoms with Crippen LogP contribution in [-0.2, 0) is 17.6 Å². The van der Waals surface area contributed by atoms with Gasteiger partial charge in [0.1, 0.15) is 24.0 Å². The van der Waals surface area contributed by atoms with Crippen LogP contribution in [0.2, 0.25) is 0 Å². The third-order valence-electron chi connectivity index (χ3n) is 4.82. The van der Waals surface area contributed by atoms with Crippen LogP contribution >= 0.6 is 0 Å². The summed E-state index contributed by atoms with van der Waals surface area (Å²) in [5.74, 6) is 0.818. The van der Waals surface area contributed by atoms with Crippen LogP contribution in [0.5, 0.6) is 17.2 Å². The fraction of sp³-hybridized carbons (Fsp3) is 0.120. The summed E-state index contributed by atoms with van der Waals surface area (Å²) in [6.45, 7) is 0.0229. The largest absolute Gasteiger partial charge is 0.489 e. The van der Waals surface area contributed by atoms with Crippen molar-refractivity contribution in [1.82, 2.24) is 0 Å². The summed E-state index contributed by atoms with van der Waals surface area (Å²) < 4.78 is 54.8. The van der Waals surface area contributed by atoms with Gasteiger partial charge in [-0.15, -0.1) is 0 Å². The molecule has 0 fully saturated rings. The maximum atomic E-state index is 12.9. The van der Waals surface area contributed by atoms with Crippen LogP contribution in [-0.4, -0.2) is 12.7 Å². The molecule has 6 nitrogen and oxygen atoms in total. The van der Waals surface area contributed by atoms with E-state index < -0.39 is 17.6 Å². The molecule has 1 aliphatic heterocycles. The van der Waals surface area contributed by atoms with Gasteiger partial charge in [-0.1, -0.05) is 24.3 Å². The van der Waals surface area contributed by atoms with Gasteiger partial charge in [-0.25, -0.2) is 0 Å². The smallest absolute Gasteiger partial charge is 0.416 e. The first-order valence-corrected chi connectivity index (χ1v) is 10.0. The number of alkyl halides is 3. The summed E-state index contributed by atoms with van der Waals surface area (Å²) in [4.78, 5) is 12.6. The van der Waals surface area contributed by atoms with E-state index in [1.807, 2.05) is 6.07 Å². The second-order valence-electron chi connectivity index (χ2n) is 7.25. The van der Waals surface area contributed by atoms with E-state index in [0.29, 0.717) is 34.1 Å². The van der Waals surface area contributed by atoms with Crippen molar-refractivity contribution in [2.75, 3.05) is 12.1 Å². The number of carbonyl (C=O) groups is 1. The highest BCUT2D eigenvalue weighted by Gasteiger charge is 2.30. The molecule has 1 aliphatic rings. The van der Waals surface area contributed by atoms with Gasteiger partial charge in [0.25, 0.3) is 5.91 Å². The van der Waals surface area contributed by atoms with E-state index in [-0.39, 0.29) is 19.0 Å². The summed E-state index contributed by atoms with van der Waals surface area (Å²) in [7, 11) is 0. The van der Waals surface area contributed by atoms with E-state index >= 15 is 0 Å². The minimum atomic E-state index is -4.43. The molecule has 0 aliphatic carbocycles. The molecule has 1 N–H and O–H groups in total. The Morgan fingerprint density at radius 3 is 2.65 bits per heavy atom. The second-order valence-corrected chi connectivity index (χ2v) is 7.25. The maximum Gasteiger partial charge on any atom is 0.416 e. The van der Waals surface area contributed by atoms with Crippen molar-refractivity contribution < 1.29 is 32.2 Å². The number of hydrogen-bond donors (Lipinski definition) is 1. The van der Waals surface area contributed by atoms with Gasteiger partial charge in [0.15, 0.2) is 11.5 Å². The molecule has 0 unspecified atom stereocenters. The Bertz CT molecular complexity index is 1300. The number of benzene rings is 3.